The molecule has 2 aromatic rings. The van der Waals surface area contributed by atoms with E-state index in [-0.39, 0.29) is 12.1 Å². The van der Waals surface area contributed by atoms with Gasteiger partial charge in [0.25, 0.3) is 0 Å². The lowest BCUT2D eigenvalue weighted by Gasteiger charge is -2.22. The van der Waals surface area contributed by atoms with Gasteiger partial charge in [0.1, 0.15) is 11.9 Å². The first-order valence-electron chi connectivity index (χ1n) is 5.92. The Bertz CT molecular complexity index is 500. The van der Waals surface area contributed by atoms with Crippen LogP contribution in [0.2, 0.25) is 0 Å². The minimum absolute atomic E-state index is 0.0940. The second-order valence-electron chi connectivity index (χ2n) is 4.55. The van der Waals surface area contributed by atoms with Crippen molar-refractivity contribution in [3.8, 4) is 0 Å². The van der Waals surface area contributed by atoms with Crippen molar-refractivity contribution in [3.63, 3.8) is 0 Å². The summed E-state index contributed by atoms with van der Waals surface area (Å²) in [5, 5.41) is 12.8. The molecule has 6 nitrogen and oxygen atoms in total. The van der Waals surface area contributed by atoms with E-state index in [0.717, 1.165) is 31.0 Å². The van der Waals surface area contributed by atoms with Crippen molar-refractivity contribution in [1.29, 1.82) is 0 Å². The first kappa shape index (κ1) is 10.5. The average molecular weight is 232 g/mol. The highest BCUT2D eigenvalue weighted by Gasteiger charge is 2.24. The van der Waals surface area contributed by atoms with Crippen LogP contribution in [0.25, 0.3) is 0 Å². The molecule has 0 bridgehead atoms. The van der Waals surface area contributed by atoms with Crippen LogP contribution in [0.15, 0.2) is 18.5 Å². The number of hydrogen-bond donors (Lipinski definition) is 1. The quantitative estimate of drug-likeness (QED) is 0.811. The van der Waals surface area contributed by atoms with E-state index < -0.39 is 0 Å². The normalized spacial score (nSPS) is 21.2. The zero-order valence-corrected chi connectivity index (χ0v) is 9.82. The summed E-state index contributed by atoms with van der Waals surface area (Å²) in [6, 6.07) is 2.22. The lowest BCUT2D eigenvalue weighted by Crippen LogP contribution is -2.33. The van der Waals surface area contributed by atoms with Crippen LogP contribution in [0, 0.1) is 0 Å². The van der Waals surface area contributed by atoms with Crippen LogP contribution in [-0.2, 0) is 13.0 Å². The summed E-state index contributed by atoms with van der Waals surface area (Å²) in [7, 11) is 0. The molecule has 2 aromatic heterocycles. The van der Waals surface area contributed by atoms with Gasteiger partial charge < -0.3 is 10.3 Å². The molecule has 0 amide bonds. The zero-order chi connectivity index (χ0) is 11.8. The molecule has 0 radical (unpaired) electrons. The third kappa shape index (κ3) is 1.74. The molecular formula is C11H16N6. The summed E-state index contributed by atoms with van der Waals surface area (Å²) in [5.41, 5.74) is 6.00. The van der Waals surface area contributed by atoms with Gasteiger partial charge in [-0.1, -0.05) is 0 Å². The van der Waals surface area contributed by atoms with Crippen molar-refractivity contribution in [3.05, 3.63) is 30.1 Å². The number of fused-ring (bicyclic) bond motifs is 1. The van der Waals surface area contributed by atoms with E-state index in [1.807, 2.05) is 16.9 Å². The maximum atomic E-state index is 6.00. The molecule has 3 rings (SSSR count). The van der Waals surface area contributed by atoms with Crippen molar-refractivity contribution in [2.75, 3.05) is 0 Å². The maximum absolute atomic E-state index is 6.00. The Kier molecular flexibility index (Phi) is 2.44. The van der Waals surface area contributed by atoms with Gasteiger partial charge in [-0.15, -0.1) is 10.2 Å². The lowest BCUT2D eigenvalue weighted by molar-refractivity contribution is 0.420. The fourth-order valence-electron chi connectivity index (χ4n) is 2.31. The molecule has 0 aliphatic carbocycles. The van der Waals surface area contributed by atoms with Gasteiger partial charge in [-0.05, 0) is 19.4 Å². The second kappa shape index (κ2) is 3.96. The van der Waals surface area contributed by atoms with Gasteiger partial charge in [0.15, 0.2) is 5.82 Å². The van der Waals surface area contributed by atoms with Crippen molar-refractivity contribution in [1.82, 2.24) is 24.5 Å². The molecule has 90 valence electrons. The van der Waals surface area contributed by atoms with E-state index in [4.69, 9.17) is 5.73 Å². The summed E-state index contributed by atoms with van der Waals surface area (Å²) in [6.45, 7) is 2.88. The Morgan fingerprint density at radius 3 is 3.12 bits per heavy atom. The molecule has 1 aliphatic rings. The van der Waals surface area contributed by atoms with Gasteiger partial charge in [0.05, 0.1) is 0 Å². The summed E-state index contributed by atoms with van der Waals surface area (Å²) in [5.74, 6) is 1.99. The van der Waals surface area contributed by atoms with E-state index in [1.54, 1.807) is 6.20 Å². The van der Waals surface area contributed by atoms with E-state index in [1.165, 1.54) is 0 Å². The molecule has 3 heterocycles. The van der Waals surface area contributed by atoms with E-state index in [9.17, 15) is 0 Å². The van der Waals surface area contributed by atoms with Crippen LogP contribution in [-0.4, -0.2) is 30.6 Å². The molecule has 2 N–H and O–H groups in total. The standard InChI is InChI=1S/C11H16N6/c1-8(17-6-2-5-13-17)11-15-14-10-4-3-9(12)7-16(10)11/h2,5-6,8-9H,3-4,7,12H2,1H3. The van der Waals surface area contributed by atoms with Gasteiger partial charge >= 0.3 is 0 Å². The number of nitrogens with two attached hydrogens (primary N) is 1. The molecule has 0 saturated carbocycles. The number of aromatic nitrogens is 5. The summed E-state index contributed by atoms with van der Waals surface area (Å²) in [6.07, 6.45) is 5.62. The van der Waals surface area contributed by atoms with Crippen LogP contribution >= 0.6 is 0 Å². The van der Waals surface area contributed by atoms with Gasteiger partial charge in [-0.3, -0.25) is 4.68 Å². The fraction of sp³-hybridized carbons (Fsp3) is 0.545. The Labute approximate surface area is 99.4 Å². The Morgan fingerprint density at radius 1 is 1.47 bits per heavy atom. The molecule has 1 aliphatic heterocycles. The zero-order valence-electron chi connectivity index (χ0n) is 9.82. The minimum Gasteiger partial charge on any atom is -0.326 e. The van der Waals surface area contributed by atoms with Crippen LogP contribution < -0.4 is 5.73 Å². The van der Waals surface area contributed by atoms with E-state index >= 15 is 0 Å². The highest BCUT2D eigenvalue weighted by atomic mass is 15.4. The number of hydrogen-bond acceptors (Lipinski definition) is 4. The monoisotopic (exact) mass is 232 g/mol. The molecular weight excluding hydrogens is 216 g/mol. The first-order valence-corrected chi connectivity index (χ1v) is 5.92. The summed E-state index contributed by atoms with van der Waals surface area (Å²) >= 11 is 0. The molecule has 2 atom stereocenters. The maximum Gasteiger partial charge on any atom is 0.157 e. The van der Waals surface area contributed by atoms with Gasteiger partial charge in [-0.2, -0.15) is 5.10 Å². The molecule has 6 heteroatoms. The molecule has 0 fully saturated rings. The van der Waals surface area contributed by atoms with Crippen molar-refractivity contribution >= 4 is 0 Å². The molecule has 0 spiro atoms. The Morgan fingerprint density at radius 2 is 2.35 bits per heavy atom. The van der Waals surface area contributed by atoms with Crippen molar-refractivity contribution < 1.29 is 0 Å². The predicted molar refractivity (Wildman–Crippen MR) is 62.4 cm³/mol. The summed E-state index contributed by atoms with van der Waals surface area (Å²) in [4.78, 5) is 0. The largest absolute Gasteiger partial charge is 0.326 e. The van der Waals surface area contributed by atoms with Crippen LogP contribution in [0.4, 0.5) is 0 Å². The average Bonchev–Trinajstić information content (AvgIpc) is 2.97. The van der Waals surface area contributed by atoms with E-state index in [2.05, 4.69) is 26.8 Å². The first-order chi connectivity index (χ1) is 8.25. The third-order valence-electron chi connectivity index (χ3n) is 3.31. The molecule has 0 aromatic carbocycles. The topological polar surface area (TPSA) is 74.6 Å². The van der Waals surface area contributed by atoms with Gasteiger partial charge in [-0.25, -0.2) is 0 Å². The van der Waals surface area contributed by atoms with Crippen LogP contribution in [0.5, 0.6) is 0 Å². The van der Waals surface area contributed by atoms with Crippen LogP contribution in [0.1, 0.15) is 31.0 Å². The third-order valence-corrected chi connectivity index (χ3v) is 3.31. The lowest BCUT2D eigenvalue weighted by atomic mass is 10.1. The van der Waals surface area contributed by atoms with Gasteiger partial charge in [0.2, 0.25) is 0 Å². The highest BCUT2D eigenvalue weighted by molar-refractivity contribution is 5.05. The van der Waals surface area contributed by atoms with Crippen LogP contribution in [0.3, 0.4) is 0 Å². The van der Waals surface area contributed by atoms with Gasteiger partial charge in [0, 0.05) is 31.4 Å². The second-order valence-corrected chi connectivity index (χ2v) is 4.55. The molecule has 2 unspecified atom stereocenters. The fourth-order valence-corrected chi connectivity index (χ4v) is 2.31. The summed E-state index contributed by atoms with van der Waals surface area (Å²) < 4.78 is 4.03. The highest BCUT2D eigenvalue weighted by Crippen LogP contribution is 2.20. The van der Waals surface area contributed by atoms with Crippen molar-refractivity contribution in [2.24, 2.45) is 5.73 Å². The molecule has 17 heavy (non-hydrogen) atoms. The van der Waals surface area contributed by atoms with Crippen molar-refractivity contribution in [2.45, 2.75) is 38.4 Å². The smallest absolute Gasteiger partial charge is 0.157 e. The predicted octanol–water partition coefficient (Wildman–Crippen LogP) is 0.357. The van der Waals surface area contributed by atoms with E-state index in [0.29, 0.717) is 0 Å². The molecule has 0 saturated heterocycles. The number of nitrogens with zero attached hydrogens (tertiary/aromatic N) is 5. The minimum atomic E-state index is 0.0940. The Hall–Kier alpha value is -1.69. The Balaban J connectivity index is 1.96. The number of rotatable bonds is 2. The SMILES string of the molecule is CC(c1nnc2n1CC(N)CC2)n1cccn1. The number of aryl methyl sites for hydroxylation is 1.